The summed E-state index contributed by atoms with van der Waals surface area (Å²) in [6.07, 6.45) is -0.898. The fourth-order valence-corrected chi connectivity index (χ4v) is 1.15. The van der Waals surface area contributed by atoms with E-state index in [0.29, 0.717) is 0 Å². The molecule has 1 atom stereocenters. The first-order valence-corrected chi connectivity index (χ1v) is 4.44. The van der Waals surface area contributed by atoms with Crippen LogP contribution in [0.5, 0.6) is 0 Å². The normalized spacial score (nSPS) is 24.2. The number of rotatable bonds is 2. The number of halogens is 1. The Morgan fingerprint density at radius 3 is 2.64 bits per heavy atom. The molecule has 0 aromatic carbocycles. The van der Waals surface area contributed by atoms with Crippen LogP contribution in [0.2, 0.25) is 0 Å². The summed E-state index contributed by atoms with van der Waals surface area (Å²) in [5.41, 5.74) is -0.515. The molecule has 1 aliphatic heterocycles. The van der Waals surface area contributed by atoms with Crippen molar-refractivity contribution in [3.63, 3.8) is 0 Å². The summed E-state index contributed by atoms with van der Waals surface area (Å²) in [5, 5.41) is -0.250. The summed E-state index contributed by atoms with van der Waals surface area (Å²) in [4.78, 5) is 22.2. The number of ether oxygens (including phenoxy) is 2. The molecule has 1 aliphatic rings. The lowest BCUT2D eigenvalue weighted by molar-refractivity contribution is -0.159. The molecule has 0 N–H and O–H groups in total. The maximum absolute atomic E-state index is 11.2. The second-order valence-electron chi connectivity index (χ2n) is 3.79. The molecule has 0 spiro atoms. The Kier molecular flexibility index (Phi) is 2.85. The summed E-state index contributed by atoms with van der Waals surface area (Å²) in [7, 11) is 0. The molecular formula is C9H11ClO4. The Balaban J connectivity index is 2.72. The zero-order valence-corrected chi connectivity index (χ0v) is 8.76. The van der Waals surface area contributed by atoms with E-state index in [0.717, 1.165) is 0 Å². The quantitative estimate of drug-likeness (QED) is 0.517. The summed E-state index contributed by atoms with van der Waals surface area (Å²) in [6, 6.07) is 0. The fraction of sp³-hybridized carbons (Fsp3) is 0.556. The molecule has 78 valence electrons. The highest BCUT2D eigenvalue weighted by molar-refractivity contribution is 6.40. The summed E-state index contributed by atoms with van der Waals surface area (Å²) in [6.45, 7) is 6.98. The van der Waals surface area contributed by atoms with Gasteiger partial charge in [0.05, 0.1) is 0 Å². The van der Waals surface area contributed by atoms with Crippen molar-refractivity contribution in [1.29, 1.82) is 0 Å². The highest BCUT2D eigenvalue weighted by Crippen LogP contribution is 2.31. The van der Waals surface area contributed by atoms with Crippen LogP contribution in [0, 0.1) is 5.41 Å². The first kappa shape index (κ1) is 11.0. The van der Waals surface area contributed by atoms with Gasteiger partial charge in [0.2, 0.25) is 6.10 Å². The topological polar surface area (TPSA) is 52.6 Å². The third kappa shape index (κ3) is 2.07. The first-order chi connectivity index (χ1) is 6.34. The first-order valence-electron chi connectivity index (χ1n) is 4.06. The van der Waals surface area contributed by atoms with E-state index in [1.165, 1.54) is 0 Å². The third-order valence-corrected chi connectivity index (χ3v) is 2.11. The summed E-state index contributed by atoms with van der Waals surface area (Å²) in [5.74, 6) is -1.33. The van der Waals surface area contributed by atoms with Crippen molar-refractivity contribution in [3.8, 4) is 0 Å². The lowest BCUT2D eigenvalue weighted by Crippen LogP contribution is -2.34. The molecule has 1 rings (SSSR count). The van der Waals surface area contributed by atoms with Gasteiger partial charge in [0.15, 0.2) is 0 Å². The second kappa shape index (κ2) is 3.61. The van der Waals surface area contributed by atoms with Crippen LogP contribution in [0.4, 0.5) is 0 Å². The van der Waals surface area contributed by atoms with Gasteiger partial charge >= 0.3 is 11.9 Å². The summed E-state index contributed by atoms with van der Waals surface area (Å²) >= 11 is 5.33. The zero-order chi connectivity index (χ0) is 10.9. The molecule has 5 heteroatoms. The maximum Gasteiger partial charge on any atom is 0.349 e. The van der Waals surface area contributed by atoms with Crippen LogP contribution in [0.3, 0.4) is 0 Å². The monoisotopic (exact) mass is 218 g/mol. The van der Waals surface area contributed by atoms with Crippen LogP contribution in [0.1, 0.15) is 13.8 Å². The number of esters is 2. The molecule has 0 amide bonds. The lowest BCUT2D eigenvalue weighted by Gasteiger charge is -2.21. The standard InChI is InChI=1S/C9H11ClO4/c1-5(10)7(11)14-6-8(12)13-4-9(6,2)3/h6H,1,4H2,2-3H3. The fourth-order valence-electron chi connectivity index (χ4n) is 1.11. The van der Waals surface area contributed by atoms with Gasteiger partial charge in [-0.2, -0.15) is 0 Å². The van der Waals surface area contributed by atoms with E-state index in [-0.39, 0.29) is 11.6 Å². The third-order valence-electron chi connectivity index (χ3n) is 1.96. The molecule has 1 saturated heterocycles. The molecule has 0 radical (unpaired) electrons. The molecular weight excluding hydrogens is 208 g/mol. The van der Waals surface area contributed by atoms with E-state index in [9.17, 15) is 9.59 Å². The van der Waals surface area contributed by atoms with Gasteiger partial charge in [-0.05, 0) is 0 Å². The van der Waals surface area contributed by atoms with Crippen molar-refractivity contribution in [3.05, 3.63) is 11.6 Å². The van der Waals surface area contributed by atoms with Crippen LogP contribution in [0.15, 0.2) is 11.6 Å². The number of carbonyl (C=O) groups excluding carboxylic acids is 2. The van der Waals surface area contributed by atoms with Gasteiger partial charge in [0.1, 0.15) is 11.6 Å². The maximum atomic E-state index is 11.2. The van der Waals surface area contributed by atoms with E-state index < -0.39 is 23.5 Å². The Morgan fingerprint density at radius 1 is 1.71 bits per heavy atom. The average Bonchev–Trinajstić information content (AvgIpc) is 2.31. The molecule has 1 fully saturated rings. The SMILES string of the molecule is C=C(Cl)C(=O)OC1C(=O)OCC1(C)C. The van der Waals surface area contributed by atoms with Crippen LogP contribution >= 0.6 is 11.6 Å². The van der Waals surface area contributed by atoms with Crippen molar-refractivity contribution in [2.75, 3.05) is 6.61 Å². The highest BCUT2D eigenvalue weighted by atomic mass is 35.5. The Hall–Kier alpha value is -1.03. The van der Waals surface area contributed by atoms with Crippen LogP contribution in [0.25, 0.3) is 0 Å². The van der Waals surface area contributed by atoms with Crippen molar-refractivity contribution >= 4 is 23.5 Å². The van der Waals surface area contributed by atoms with Gasteiger partial charge in [-0.15, -0.1) is 0 Å². The molecule has 0 saturated carbocycles. The smallest absolute Gasteiger partial charge is 0.349 e. The van der Waals surface area contributed by atoms with Crippen molar-refractivity contribution in [1.82, 2.24) is 0 Å². The Morgan fingerprint density at radius 2 is 2.29 bits per heavy atom. The predicted molar refractivity (Wildman–Crippen MR) is 49.6 cm³/mol. The number of carbonyl (C=O) groups is 2. The van der Waals surface area contributed by atoms with Crippen molar-refractivity contribution in [2.24, 2.45) is 5.41 Å². The molecule has 1 heterocycles. The Bertz CT molecular complexity index is 295. The minimum atomic E-state index is -0.898. The number of hydrogen-bond donors (Lipinski definition) is 0. The molecule has 0 aromatic heterocycles. The molecule has 4 nitrogen and oxygen atoms in total. The van der Waals surface area contributed by atoms with Crippen LogP contribution in [-0.2, 0) is 19.1 Å². The van der Waals surface area contributed by atoms with Gasteiger partial charge in [-0.1, -0.05) is 32.0 Å². The molecule has 0 bridgehead atoms. The van der Waals surface area contributed by atoms with E-state index in [1.807, 2.05) is 0 Å². The Labute approximate surface area is 86.8 Å². The minimum Gasteiger partial charge on any atom is -0.462 e. The van der Waals surface area contributed by atoms with E-state index in [1.54, 1.807) is 13.8 Å². The van der Waals surface area contributed by atoms with Gasteiger partial charge in [-0.25, -0.2) is 9.59 Å². The molecule has 0 aromatic rings. The predicted octanol–water partition coefficient (Wildman–Crippen LogP) is 1.23. The minimum absolute atomic E-state index is 0.235. The van der Waals surface area contributed by atoms with E-state index >= 15 is 0 Å². The number of cyclic esters (lactones) is 1. The van der Waals surface area contributed by atoms with Crippen molar-refractivity contribution < 1.29 is 19.1 Å². The average molecular weight is 219 g/mol. The highest BCUT2D eigenvalue weighted by Gasteiger charge is 2.46. The summed E-state index contributed by atoms with van der Waals surface area (Å²) < 4.78 is 9.63. The van der Waals surface area contributed by atoms with Gasteiger partial charge in [0.25, 0.3) is 0 Å². The van der Waals surface area contributed by atoms with Gasteiger partial charge < -0.3 is 9.47 Å². The van der Waals surface area contributed by atoms with Crippen molar-refractivity contribution in [2.45, 2.75) is 20.0 Å². The number of hydrogen-bond acceptors (Lipinski definition) is 4. The van der Waals surface area contributed by atoms with Crippen LogP contribution < -0.4 is 0 Å². The van der Waals surface area contributed by atoms with Gasteiger partial charge in [-0.3, -0.25) is 0 Å². The largest absolute Gasteiger partial charge is 0.462 e. The van der Waals surface area contributed by atoms with E-state index in [4.69, 9.17) is 21.1 Å². The zero-order valence-electron chi connectivity index (χ0n) is 8.00. The molecule has 14 heavy (non-hydrogen) atoms. The van der Waals surface area contributed by atoms with E-state index in [2.05, 4.69) is 6.58 Å². The van der Waals surface area contributed by atoms with Gasteiger partial charge in [0, 0.05) is 5.41 Å². The van der Waals surface area contributed by atoms with Crippen LogP contribution in [-0.4, -0.2) is 24.6 Å². The molecule has 1 unspecified atom stereocenters. The second-order valence-corrected chi connectivity index (χ2v) is 4.24. The molecule has 0 aliphatic carbocycles. The lowest BCUT2D eigenvalue weighted by atomic mass is 9.90.